The molecule has 32 heavy (non-hydrogen) atoms. The van der Waals surface area contributed by atoms with Gasteiger partial charge >= 0.3 is 5.63 Å². The number of ether oxygens (including phenoxy) is 1. The SMILES string of the molecule is Cc1[nH]c(=S)[nH]c(=O)c1CCC(=O)NNC(=O)C(C)Oc1ccc2c(C)cc(=O)oc2c1. The molecule has 1 atom stereocenters. The second kappa shape index (κ2) is 9.60. The number of carbonyl (C=O) groups excluding carboxylic acids is 2. The van der Waals surface area contributed by atoms with Gasteiger partial charge in [-0.3, -0.25) is 30.2 Å². The summed E-state index contributed by atoms with van der Waals surface area (Å²) in [5.41, 5.74) is 5.86. The van der Waals surface area contributed by atoms with Crippen LogP contribution < -0.4 is 26.8 Å². The van der Waals surface area contributed by atoms with Crippen LogP contribution in [-0.4, -0.2) is 27.9 Å². The molecule has 168 valence electrons. The smallest absolute Gasteiger partial charge is 0.336 e. The van der Waals surface area contributed by atoms with Crippen molar-refractivity contribution in [2.75, 3.05) is 0 Å². The van der Waals surface area contributed by atoms with E-state index in [9.17, 15) is 19.2 Å². The summed E-state index contributed by atoms with van der Waals surface area (Å²) in [6.07, 6.45) is -0.792. The van der Waals surface area contributed by atoms with Gasteiger partial charge in [0.25, 0.3) is 11.5 Å². The topological polar surface area (TPSA) is 146 Å². The highest BCUT2D eigenvalue weighted by atomic mass is 32.1. The number of aryl methyl sites for hydroxylation is 2. The van der Waals surface area contributed by atoms with E-state index in [-0.39, 0.29) is 23.2 Å². The number of aromatic nitrogens is 2. The first kappa shape index (κ1) is 22.9. The first-order chi connectivity index (χ1) is 15.1. The van der Waals surface area contributed by atoms with Crippen LogP contribution in [0.2, 0.25) is 0 Å². The first-order valence-corrected chi connectivity index (χ1v) is 10.2. The highest BCUT2D eigenvalue weighted by Crippen LogP contribution is 2.22. The molecular weight excluding hydrogens is 436 g/mol. The maximum Gasteiger partial charge on any atom is 0.336 e. The third kappa shape index (κ3) is 5.49. The van der Waals surface area contributed by atoms with Crippen LogP contribution in [0.3, 0.4) is 0 Å². The van der Waals surface area contributed by atoms with Gasteiger partial charge in [0.05, 0.1) is 0 Å². The van der Waals surface area contributed by atoms with Gasteiger partial charge in [-0.25, -0.2) is 4.79 Å². The fraction of sp³-hybridized carbons (Fsp3) is 0.286. The minimum absolute atomic E-state index is 0.0207. The zero-order valence-electron chi connectivity index (χ0n) is 17.7. The number of aromatic amines is 2. The van der Waals surface area contributed by atoms with E-state index in [2.05, 4.69) is 20.8 Å². The highest BCUT2D eigenvalue weighted by Gasteiger charge is 2.17. The summed E-state index contributed by atoms with van der Waals surface area (Å²) >= 11 is 4.89. The van der Waals surface area contributed by atoms with Crippen LogP contribution in [0.5, 0.6) is 5.75 Å². The van der Waals surface area contributed by atoms with Crippen LogP contribution in [0.15, 0.2) is 38.3 Å². The molecule has 0 aliphatic heterocycles. The molecule has 3 rings (SSSR count). The monoisotopic (exact) mass is 458 g/mol. The molecular formula is C21H22N4O6S. The molecule has 2 heterocycles. The average molecular weight is 458 g/mol. The number of H-pyrrole nitrogens is 2. The molecule has 4 N–H and O–H groups in total. The van der Waals surface area contributed by atoms with Gasteiger partial charge < -0.3 is 14.1 Å². The molecule has 0 saturated carbocycles. The van der Waals surface area contributed by atoms with E-state index in [1.165, 1.54) is 19.1 Å². The van der Waals surface area contributed by atoms with E-state index in [1.807, 2.05) is 0 Å². The molecule has 0 radical (unpaired) electrons. The van der Waals surface area contributed by atoms with Gasteiger partial charge in [-0.1, -0.05) is 0 Å². The largest absolute Gasteiger partial charge is 0.481 e. The summed E-state index contributed by atoms with van der Waals surface area (Å²) in [6.45, 7) is 4.99. The molecule has 3 aromatic rings. The lowest BCUT2D eigenvalue weighted by atomic mass is 10.1. The fourth-order valence-electron chi connectivity index (χ4n) is 3.10. The third-order valence-electron chi connectivity index (χ3n) is 4.79. The maximum absolute atomic E-state index is 12.2. The van der Waals surface area contributed by atoms with E-state index in [0.717, 1.165) is 10.9 Å². The number of fused-ring (bicyclic) bond motifs is 1. The van der Waals surface area contributed by atoms with Crippen molar-refractivity contribution in [3.63, 3.8) is 0 Å². The number of hydrazine groups is 1. The molecule has 0 fully saturated rings. The Balaban J connectivity index is 1.54. The number of benzene rings is 1. The molecule has 2 aromatic heterocycles. The summed E-state index contributed by atoms with van der Waals surface area (Å²) in [7, 11) is 0. The van der Waals surface area contributed by atoms with Gasteiger partial charge in [-0.05, 0) is 57.1 Å². The minimum Gasteiger partial charge on any atom is -0.481 e. The molecule has 2 amide bonds. The van der Waals surface area contributed by atoms with Crippen molar-refractivity contribution in [2.24, 2.45) is 0 Å². The molecule has 11 heteroatoms. The van der Waals surface area contributed by atoms with Gasteiger partial charge in [0, 0.05) is 35.2 Å². The van der Waals surface area contributed by atoms with E-state index in [0.29, 0.717) is 22.6 Å². The normalized spacial score (nSPS) is 11.7. The highest BCUT2D eigenvalue weighted by molar-refractivity contribution is 7.71. The summed E-state index contributed by atoms with van der Waals surface area (Å²) in [4.78, 5) is 53.1. The second-order valence-corrected chi connectivity index (χ2v) is 7.62. The summed E-state index contributed by atoms with van der Waals surface area (Å²) in [6, 6.07) is 6.31. The fourth-order valence-corrected chi connectivity index (χ4v) is 3.34. The van der Waals surface area contributed by atoms with E-state index in [4.69, 9.17) is 21.4 Å². The van der Waals surface area contributed by atoms with Crippen molar-refractivity contribution in [1.29, 1.82) is 0 Å². The molecule has 1 unspecified atom stereocenters. The molecule has 10 nitrogen and oxygen atoms in total. The van der Waals surface area contributed by atoms with Crippen molar-refractivity contribution < 1.29 is 18.7 Å². The summed E-state index contributed by atoms with van der Waals surface area (Å²) < 4.78 is 11.0. The Morgan fingerprint density at radius 1 is 1.16 bits per heavy atom. The standard InChI is InChI=1S/C21H22N4O6S/c1-10-8-18(27)31-16-9-13(4-5-14(10)16)30-12(3)19(28)25-24-17(26)7-6-15-11(2)22-21(32)23-20(15)29/h4-5,8-9,12H,6-7H2,1-3H3,(H,24,26)(H,25,28)(H2,22,23,29,32). The number of nitrogens with one attached hydrogen (secondary N) is 4. The third-order valence-corrected chi connectivity index (χ3v) is 4.99. The van der Waals surface area contributed by atoms with E-state index < -0.39 is 23.5 Å². The van der Waals surface area contributed by atoms with Crippen LogP contribution in [-0.2, 0) is 16.0 Å². The van der Waals surface area contributed by atoms with Crippen LogP contribution >= 0.6 is 12.2 Å². The summed E-state index contributed by atoms with van der Waals surface area (Å²) in [5, 5.41) is 0.760. The van der Waals surface area contributed by atoms with Crippen molar-refractivity contribution in [3.05, 3.63) is 66.6 Å². The van der Waals surface area contributed by atoms with Crippen molar-refractivity contribution in [1.82, 2.24) is 20.8 Å². The molecule has 1 aromatic carbocycles. The lowest BCUT2D eigenvalue weighted by Gasteiger charge is -2.15. The number of hydrogen-bond acceptors (Lipinski definition) is 7. The molecule has 0 saturated heterocycles. The summed E-state index contributed by atoms with van der Waals surface area (Å²) in [5.74, 6) is -0.729. The zero-order chi connectivity index (χ0) is 23.4. The van der Waals surface area contributed by atoms with Crippen LogP contribution in [0.1, 0.15) is 30.2 Å². The number of rotatable bonds is 6. The average Bonchev–Trinajstić information content (AvgIpc) is 2.70. The molecule has 0 aliphatic carbocycles. The van der Waals surface area contributed by atoms with Gasteiger partial charge in [-0.15, -0.1) is 0 Å². The van der Waals surface area contributed by atoms with Gasteiger partial charge in [-0.2, -0.15) is 0 Å². The number of hydrogen-bond donors (Lipinski definition) is 4. The Labute approximate surface area is 187 Å². The van der Waals surface area contributed by atoms with E-state index >= 15 is 0 Å². The van der Waals surface area contributed by atoms with E-state index in [1.54, 1.807) is 26.0 Å². The Morgan fingerprint density at radius 2 is 1.91 bits per heavy atom. The Hall–Kier alpha value is -3.73. The van der Waals surface area contributed by atoms with Crippen molar-refractivity contribution >= 4 is 35.0 Å². The Kier molecular flexibility index (Phi) is 6.89. The minimum atomic E-state index is -0.941. The molecule has 0 aliphatic rings. The predicted octanol–water partition coefficient (Wildman–Crippen LogP) is 1.70. The molecule has 0 bridgehead atoms. The maximum atomic E-state index is 12.2. The second-order valence-electron chi connectivity index (χ2n) is 7.22. The van der Waals surface area contributed by atoms with Crippen LogP contribution in [0.25, 0.3) is 11.0 Å². The van der Waals surface area contributed by atoms with Gasteiger partial charge in [0.1, 0.15) is 11.3 Å². The lowest BCUT2D eigenvalue weighted by molar-refractivity contribution is -0.132. The number of carbonyl (C=O) groups is 2. The Morgan fingerprint density at radius 3 is 2.62 bits per heavy atom. The van der Waals surface area contributed by atoms with Crippen LogP contribution in [0.4, 0.5) is 0 Å². The zero-order valence-corrected chi connectivity index (χ0v) is 18.5. The molecule has 0 spiro atoms. The van der Waals surface area contributed by atoms with Gasteiger partial charge in [0.15, 0.2) is 10.9 Å². The van der Waals surface area contributed by atoms with Gasteiger partial charge in [0.2, 0.25) is 5.91 Å². The Bertz CT molecular complexity index is 1360. The number of amides is 2. The van der Waals surface area contributed by atoms with Crippen molar-refractivity contribution in [2.45, 2.75) is 39.7 Å². The lowest BCUT2D eigenvalue weighted by Crippen LogP contribution is -2.47. The van der Waals surface area contributed by atoms with Crippen LogP contribution in [0, 0.1) is 18.6 Å². The van der Waals surface area contributed by atoms with Crippen molar-refractivity contribution in [3.8, 4) is 5.75 Å². The predicted molar refractivity (Wildman–Crippen MR) is 119 cm³/mol. The first-order valence-electron chi connectivity index (χ1n) is 9.76. The quantitative estimate of drug-likeness (QED) is 0.250.